The zero-order chi connectivity index (χ0) is 15.2. The first-order chi connectivity index (χ1) is 10.1. The van der Waals surface area contributed by atoms with Crippen LogP contribution in [0.5, 0.6) is 5.75 Å². The van der Waals surface area contributed by atoms with Gasteiger partial charge in [-0.3, -0.25) is 0 Å². The highest BCUT2D eigenvalue weighted by atomic mass is 32.2. The van der Waals surface area contributed by atoms with Gasteiger partial charge in [0.05, 0.1) is 7.11 Å². The van der Waals surface area contributed by atoms with Gasteiger partial charge < -0.3 is 10.1 Å². The van der Waals surface area contributed by atoms with Gasteiger partial charge in [-0.1, -0.05) is 12.1 Å². The van der Waals surface area contributed by atoms with Gasteiger partial charge in [-0.15, -0.1) is 11.8 Å². The van der Waals surface area contributed by atoms with Crippen LogP contribution in [0.1, 0.15) is 11.6 Å². The predicted molar refractivity (Wildman–Crippen MR) is 81.9 cm³/mol. The molecule has 0 spiro atoms. The summed E-state index contributed by atoms with van der Waals surface area (Å²) < 4.78 is 31.3. The molecule has 21 heavy (non-hydrogen) atoms. The Balaban J connectivity index is 2.06. The minimum atomic E-state index is -0.822. The number of halogens is 2. The normalized spacial score (nSPS) is 12.2. The third kappa shape index (κ3) is 4.19. The molecule has 112 valence electrons. The fourth-order valence-electron chi connectivity index (χ4n) is 1.95. The highest BCUT2D eigenvalue weighted by Gasteiger charge is 2.11. The molecule has 5 heteroatoms. The van der Waals surface area contributed by atoms with E-state index < -0.39 is 11.6 Å². The molecule has 0 aliphatic heterocycles. The van der Waals surface area contributed by atoms with Crippen molar-refractivity contribution in [2.75, 3.05) is 19.9 Å². The molecule has 0 saturated carbocycles. The molecule has 0 bridgehead atoms. The first-order valence-corrected chi connectivity index (χ1v) is 7.51. The molecule has 2 rings (SSSR count). The van der Waals surface area contributed by atoms with Crippen molar-refractivity contribution in [2.45, 2.75) is 10.9 Å². The molecular weight excluding hydrogens is 292 g/mol. The van der Waals surface area contributed by atoms with Crippen LogP contribution in [0.3, 0.4) is 0 Å². The standard InChI is InChI=1S/C16H17F2NOS/c1-19-16(11-4-3-5-12(8-11)20-2)10-21-13-6-7-14(17)15(18)9-13/h3-9,16,19H,10H2,1-2H3. The summed E-state index contributed by atoms with van der Waals surface area (Å²) in [6.07, 6.45) is 0. The van der Waals surface area contributed by atoms with Crippen LogP contribution in [0.15, 0.2) is 47.4 Å². The van der Waals surface area contributed by atoms with Crippen molar-refractivity contribution in [3.05, 3.63) is 59.7 Å². The topological polar surface area (TPSA) is 21.3 Å². The van der Waals surface area contributed by atoms with E-state index in [9.17, 15) is 8.78 Å². The minimum Gasteiger partial charge on any atom is -0.497 e. The monoisotopic (exact) mass is 309 g/mol. The number of hydrogen-bond acceptors (Lipinski definition) is 3. The van der Waals surface area contributed by atoms with Crippen molar-refractivity contribution in [3.8, 4) is 5.75 Å². The maximum absolute atomic E-state index is 13.2. The Morgan fingerprint density at radius 2 is 1.95 bits per heavy atom. The Labute approximate surface area is 127 Å². The van der Waals surface area contributed by atoms with Crippen molar-refractivity contribution >= 4 is 11.8 Å². The Morgan fingerprint density at radius 1 is 1.14 bits per heavy atom. The molecular formula is C16H17F2NOS. The molecule has 0 aromatic heterocycles. The number of benzene rings is 2. The number of nitrogens with one attached hydrogen (secondary N) is 1. The van der Waals surface area contributed by atoms with Gasteiger partial charge in [0, 0.05) is 16.7 Å². The van der Waals surface area contributed by atoms with Crippen LogP contribution >= 0.6 is 11.8 Å². The Morgan fingerprint density at radius 3 is 2.62 bits per heavy atom. The van der Waals surface area contributed by atoms with Crippen LogP contribution in [0.25, 0.3) is 0 Å². The van der Waals surface area contributed by atoms with E-state index >= 15 is 0 Å². The lowest BCUT2D eigenvalue weighted by molar-refractivity contribution is 0.413. The van der Waals surface area contributed by atoms with E-state index in [-0.39, 0.29) is 6.04 Å². The van der Waals surface area contributed by atoms with Gasteiger partial charge in [-0.25, -0.2) is 8.78 Å². The molecule has 0 radical (unpaired) electrons. The van der Waals surface area contributed by atoms with Crippen LogP contribution in [0.4, 0.5) is 8.78 Å². The molecule has 0 amide bonds. The highest BCUT2D eigenvalue weighted by Crippen LogP contribution is 2.27. The van der Waals surface area contributed by atoms with E-state index in [2.05, 4.69) is 5.32 Å². The largest absolute Gasteiger partial charge is 0.497 e. The first kappa shape index (κ1) is 15.8. The zero-order valence-electron chi connectivity index (χ0n) is 11.9. The zero-order valence-corrected chi connectivity index (χ0v) is 12.7. The molecule has 1 N–H and O–H groups in total. The smallest absolute Gasteiger partial charge is 0.159 e. The number of methoxy groups -OCH3 is 1. The lowest BCUT2D eigenvalue weighted by Gasteiger charge is -2.17. The molecule has 0 fully saturated rings. The second-order valence-corrected chi connectivity index (χ2v) is 5.60. The summed E-state index contributed by atoms with van der Waals surface area (Å²) in [4.78, 5) is 0.706. The third-order valence-electron chi connectivity index (χ3n) is 3.15. The van der Waals surface area contributed by atoms with Crippen LogP contribution in [0.2, 0.25) is 0 Å². The second-order valence-electron chi connectivity index (χ2n) is 4.50. The van der Waals surface area contributed by atoms with Crippen LogP contribution in [-0.2, 0) is 0 Å². The Hall–Kier alpha value is -1.59. The van der Waals surface area contributed by atoms with E-state index in [1.807, 2.05) is 31.3 Å². The fraction of sp³-hybridized carbons (Fsp3) is 0.250. The Bertz CT molecular complexity index is 607. The van der Waals surface area contributed by atoms with Gasteiger partial charge >= 0.3 is 0 Å². The van der Waals surface area contributed by atoms with E-state index in [1.165, 1.54) is 17.8 Å². The molecule has 0 aliphatic carbocycles. The lowest BCUT2D eigenvalue weighted by Crippen LogP contribution is -2.18. The first-order valence-electron chi connectivity index (χ1n) is 6.53. The Kier molecular flexibility index (Phi) is 5.59. The van der Waals surface area contributed by atoms with Crippen molar-refractivity contribution in [2.24, 2.45) is 0 Å². The summed E-state index contributed by atoms with van der Waals surface area (Å²) in [7, 11) is 3.50. The maximum Gasteiger partial charge on any atom is 0.159 e. The van der Waals surface area contributed by atoms with Gasteiger partial charge in [0.1, 0.15) is 5.75 Å². The molecule has 1 atom stereocenters. The number of rotatable bonds is 6. The van der Waals surface area contributed by atoms with E-state index in [4.69, 9.17) is 4.74 Å². The summed E-state index contributed by atoms with van der Waals surface area (Å²) in [6, 6.07) is 11.8. The van der Waals surface area contributed by atoms with Crippen molar-refractivity contribution < 1.29 is 13.5 Å². The maximum atomic E-state index is 13.2. The molecule has 0 saturated heterocycles. The molecule has 1 unspecified atom stereocenters. The van der Waals surface area contributed by atoms with Gasteiger partial charge in [0.25, 0.3) is 0 Å². The molecule has 0 aliphatic rings. The van der Waals surface area contributed by atoms with Crippen molar-refractivity contribution in [3.63, 3.8) is 0 Å². The fourth-order valence-corrected chi connectivity index (χ4v) is 3.02. The summed E-state index contributed by atoms with van der Waals surface area (Å²) in [5, 5.41) is 3.22. The third-order valence-corrected chi connectivity index (χ3v) is 4.24. The minimum absolute atomic E-state index is 0.0956. The SMILES string of the molecule is CNC(CSc1ccc(F)c(F)c1)c1cccc(OC)c1. The number of hydrogen-bond donors (Lipinski definition) is 1. The molecule has 2 aromatic carbocycles. The lowest BCUT2D eigenvalue weighted by atomic mass is 10.1. The summed E-state index contributed by atoms with van der Waals surface area (Å²) in [5.74, 6) is -0.139. The van der Waals surface area contributed by atoms with E-state index in [0.29, 0.717) is 10.6 Å². The molecule has 2 nitrogen and oxygen atoms in total. The van der Waals surface area contributed by atoms with Crippen molar-refractivity contribution in [1.29, 1.82) is 0 Å². The number of thioether (sulfide) groups is 1. The van der Waals surface area contributed by atoms with Gasteiger partial charge in [-0.2, -0.15) is 0 Å². The quantitative estimate of drug-likeness (QED) is 0.814. The van der Waals surface area contributed by atoms with E-state index in [1.54, 1.807) is 13.2 Å². The molecule has 2 aromatic rings. The van der Waals surface area contributed by atoms with Crippen molar-refractivity contribution in [1.82, 2.24) is 5.32 Å². The molecule has 0 heterocycles. The van der Waals surface area contributed by atoms with E-state index in [0.717, 1.165) is 17.4 Å². The predicted octanol–water partition coefficient (Wildman–Crippen LogP) is 4.03. The summed E-state index contributed by atoms with van der Waals surface area (Å²) in [6.45, 7) is 0. The van der Waals surface area contributed by atoms with Gasteiger partial charge in [-0.05, 0) is 42.9 Å². The average Bonchev–Trinajstić information content (AvgIpc) is 2.51. The average molecular weight is 309 g/mol. The highest BCUT2D eigenvalue weighted by molar-refractivity contribution is 7.99. The van der Waals surface area contributed by atoms with Crippen LogP contribution < -0.4 is 10.1 Å². The summed E-state index contributed by atoms with van der Waals surface area (Å²) >= 11 is 1.47. The number of ether oxygens (including phenoxy) is 1. The van der Waals surface area contributed by atoms with Crippen LogP contribution in [0, 0.1) is 11.6 Å². The van der Waals surface area contributed by atoms with Gasteiger partial charge in [0.2, 0.25) is 0 Å². The summed E-state index contributed by atoms with van der Waals surface area (Å²) in [5.41, 5.74) is 1.09. The van der Waals surface area contributed by atoms with Gasteiger partial charge in [0.15, 0.2) is 11.6 Å². The second kappa shape index (κ2) is 7.43. The van der Waals surface area contributed by atoms with Crippen LogP contribution in [-0.4, -0.2) is 19.9 Å².